The molecule has 0 heterocycles. The van der Waals surface area contributed by atoms with Gasteiger partial charge in [-0.05, 0) is 13.0 Å². The minimum absolute atomic E-state index is 0.365. The minimum Gasteiger partial charge on any atom is -0.376 e. The van der Waals surface area contributed by atoms with E-state index in [2.05, 4.69) is 10.6 Å². The van der Waals surface area contributed by atoms with E-state index in [9.17, 15) is 27.5 Å². The van der Waals surface area contributed by atoms with Crippen LogP contribution in [0.25, 0.3) is 0 Å². The Bertz CT molecular complexity index is 576. The molecule has 0 radical (unpaired) electrons. The van der Waals surface area contributed by atoms with Crippen molar-refractivity contribution in [3.63, 3.8) is 0 Å². The van der Waals surface area contributed by atoms with Crippen molar-refractivity contribution in [1.29, 1.82) is 0 Å². The number of carbonyl (C=O) groups is 1. The maximum Gasteiger partial charge on any atom is 0.421 e. The Morgan fingerprint density at radius 3 is 2.29 bits per heavy atom. The third kappa shape index (κ3) is 3.33. The van der Waals surface area contributed by atoms with Gasteiger partial charge in [0.25, 0.3) is 0 Å². The quantitative estimate of drug-likeness (QED) is 0.564. The lowest BCUT2D eigenvalue weighted by molar-refractivity contribution is -0.259. The average molecular weight is 349 g/mol. The largest absolute Gasteiger partial charge is 0.421 e. The summed E-state index contributed by atoms with van der Waals surface area (Å²) in [6.45, 7) is 0.365. The molecule has 1 rings (SSSR count). The second-order valence-corrected chi connectivity index (χ2v) is 4.97. The molecule has 0 fully saturated rings. The Morgan fingerprint density at radius 1 is 1.33 bits per heavy atom. The number of alkyl halides is 3. The standard InChI is InChI=1S/C11H10Cl2F4N2O2/c1-10(21,11(15,16)17)4-3-5(12)8(6(13)7(4)14)19-9(20)18-2/h3,21H,1-2H3,(H2,18,19,20). The van der Waals surface area contributed by atoms with Gasteiger partial charge in [0, 0.05) is 12.6 Å². The zero-order valence-electron chi connectivity index (χ0n) is 10.7. The van der Waals surface area contributed by atoms with Gasteiger partial charge in [0.2, 0.25) is 0 Å². The highest BCUT2D eigenvalue weighted by atomic mass is 35.5. The number of anilines is 1. The molecule has 1 unspecified atom stereocenters. The fraction of sp³-hybridized carbons (Fsp3) is 0.364. The molecule has 1 aromatic carbocycles. The number of aliphatic hydroxyl groups is 1. The van der Waals surface area contributed by atoms with Crippen LogP contribution < -0.4 is 10.6 Å². The molecule has 0 saturated heterocycles. The predicted octanol–water partition coefficient (Wildman–Crippen LogP) is 3.65. The van der Waals surface area contributed by atoms with Crippen LogP contribution in [0.15, 0.2) is 6.07 Å². The normalized spacial score (nSPS) is 14.5. The van der Waals surface area contributed by atoms with Crippen LogP contribution in [0.2, 0.25) is 10.0 Å². The van der Waals surface area contributed by atoms with Crippen LogP contribution >= 0.6 is 23.2 Å². The lowest BCUT2D eigenvalue weighted by Gasteiger charge is -2.28. The SMILES string of the molecule is CNC(=O)Nc1c(Cl)cc(C(C)(O)C(F)(F)F)c(F)c1Cl. The van der Waals surface area contributed by atoms with E-state index in [1.54, 1.807) is 0 Å². The molecule has 21 heavy (non-hydrogen) atoms. The van der Waals surface area contributed by atoms with Gasteiger partial charge in [-0.2, -0.15) is 13.2 Å². The van der Waals surface area contributed by atoms with E-state index in [4.69, 9.17) is 23.2 Å². The number of urea groups is 1. The fourth-order valence-electron chi connectivity index (χ4n) is 1.39. The number of carbonyl (C=O) groups excluding carboxylic acids is 1. The molecule has 3 N–H and O–H groups in total. The van der Waals surface area contributed by atoms with Gasteiger partial charge in [-0.3, -0.25) is 0 Å². The molecule has 118 valence electrons. The van der Waals surface area contributed by atoms with Crippen molar-refractivity contribution in [2.75, 3.05) is 12.4 Å². The van der Waals surface area contributed by atoms with Crippen LogP contribution in [0, 0.1) is 5.82 Å². The fourth-order valence-corrected chi connectivity index (χ4v) is 1.94. The topological polar surface area (TPSA) is 61.4 Å². The third-order valence-electron chi connectivity index (χ3n) is 2.70. The first kappa shape index (κ1) is 17.8. The van der Waals surface area contributed by atoms with E-state index < -0.39 is 44.9 Å². The molecule has 0 aromatic heterocycles. The molecular formula is C11H10Cl2F4N2O2. The summed E-state index contributed by atoms with van der Waals surface area (Å²) in [6.07, 6.45) is -5.14. The number of rotatable bonds is 2. The number of benzene rings is 1. The molecule has 2 amide bonds. The molecule has 0 aliphatic rings. The summed E-state index contributed by atoms with van der Waals surface area (Å²) in [5, 5.41) is 12.4. The van der Waals surface area contributed by atoms with Gasteiger partial charge in [0.05, 0.1) is 10.7 Å². The molecule has 1 aromatic rings. The average Bonchev–Trinajstić information content (AvgIpc) is 2.36. The van der Waals surface area contributed by atoms with E-state index in [0.717, 1.165) is 0 Å². The monoisotopic (exact) mass is 348 g/mol. The predicted molar refractivity (Wildman–Crippen MR) is 70.1 cm³/mol. The summed E-state index contributed by atoms with van der Waals surface area (Å²) >= 11 is 11.3. The van der Waals surface area contributed by atoms with Crippen LogP contribution in [0.4, 0.5) is 28.0 Å². The van der Waals surface area contributed by atoms with Gasteiger partial charge in [-0.25, -0.2) is 9.18 Å². The van der Waals surface area contributed by atoms with E-state index >= 15 is 0 Å². The van der Waals surface area contributed by atoms with Crippen molar-refractivity contribution in [2.45, 2.75) is 18.7 Å². The molecule has 0 spiro atoms. The third-order valence-corrected chi connectivity index (χ3v) is 3.35. The molecule has 0 aliphatic heterocycles. The highest BCUT2D eigenvalue weighted by Crippen LogP contribution is 2.44. The minimum atomic E-state index is -5.14. The number of hydrogen-bond acceptors (Lipinski definition) is 2. The Morgan fingerprint density at radius 2 is 1.86 bits per heavy atom. The molecule has 10 heteroatoms. The number of nitrogens with one attached hydrogen (secondary N) is 2. The molecule has 4 nitrogen and oxygen atoms in total. The Hall–Kier alpha value is -1.25. The molecule has 0 saturated carbocycles. The van der Waals surface area contributed by atoms with Crippen molar-refractivity contribution in [1.82, 2.24) is 5.32 Å². The first-order chi connectivity index (χ1) is 9.43. The van der Waals surface area contributed by atoms with Gasteiger partial charge in [0.1, 0.15) is 10.8 Å². The summed E-state index contributed by atoms with van der Waals surface area (Å²) < 4.78 is 52.2. The van der Waals surface area contributed by atoms with E-state index in [1.165, 1.54) is 7.05 Å². The van der Waals surface area contributed by atoms with Crippen LogP contribution in [0.5, 0.6) is 0 Å². The van der Waals surface area contributed by atoms with Crippen LogP contribution in [-0.2, 0) is 5.60 Å². The van der Waals surface area contributed by atoms with Crippen molar-refractivity contribution >= 4 is 34.9 Å². The Labute approximate surface area is 127 Å². The number of amides is 2. The summed E-state index contributed by atoms with van der Waals surface area (Å²) in [5.74, 6) is -1.53. The smallest absolute Gasteiger partial charge is 0.376 e. The van der Waals surface area contributed by atoms with E-state index in [0.29, 0.717) is 13.0 Å². The van der Waals surface area contributed by atoms with Gasteiger partial charge in [0.15, 0.2) is 5.60 Å². The summed E-state index contributed by atoms with van der Waals surface area (Å²) in [7, 11) is 1.26. The van der Waals surface area contributed by atoms with Crippen molar-refractivity contribution in [3.05, 3.63) is 27.5 Å². The van der Waals surface area contributed by atoms with Crippen LogP contribution in [-0.4, -0.2) is 24.4 Å². The molecular weight excluding hydrogens is 339 g/mol. The zero-order valence-corrected chi connectivity index (χ0v) is 12.2. The maximum absolute atomic E-state index is 14.0. The van der Waals surface area contributed by atoms with Crippen LogP contribution in [0.1, 0.15) is 12.5 Å². The Kier molecular flexibility index (Phi) is 4.97. The zero-order chi connectivity index (χ0) is 16.6. The lowest BCUT2D eigenvalue weighted by Crippen LogP contribution is -2.40. The summed E-state index contributed by atoms with van der Waals surface area (Å²) in [5.41, 5.74) is -5.04. The number of halogens is 6. The first-order valence-electron chi connectivity index (χ1n) is 5.39. The second kappa shape index (κ2) is 5.86. The van der Waals surface area contributed by atoms with Gasteiger partial charge in [-0.15, -0.1) is 0 Å². The molecule has 1 atom stereocenters. The second-order valence-electron chi connectivity index (χ2n) is 4.18. The number of hydrogen-bond donors (Lipinski definition) is 3. The van der Waals surface area contributed by atoms with Crippen molar-refractivity contribution in [3.8, 4) is 0 Å². The van der Waals surface area contributed by atoms with Gasteiger partial charge >= 0.3 is 12.2 Å². The van der Waals surface area contributed by atoms with Crippen LogP contribution in [0.3, 0.4) is 0 Å². The lowest BCUT2D eigenvalue weighted by atomic mass is 9.94. The summed E-state index contributed by atoms with van der Waals surface area (Å²) in [4.78, 5) is 11.1. The van der Waals surface area contributed by atoms with Gasteiger partial charge in [-0.1, -0.05) is 23.2 Å². The molecule has 0 bridgehead atoms. The van der Waals surface area contributed by atoms with E-state index in [-0.39, 0.29) is 0 Å². The van der Waals surface area contributed by atoms with E-state index in [1.807, 2.05) is 0 Å². The van der Waals surface area contributed by atoms with Gasteiger partial charge < -0.3 is 15.7 Å². The highest BCUT2D eigenvalue weighted by Gasteiger charge is 2.53. The first-order valence-corrected chi connectivity index (χ1v) is 6.14. The highest BCUT2D eigenvalue weighted by molar-refractivity contribution is 6.40. The Balaban J connectivity index is 3.46. The molecule has 0 aliphatic carbocycles. The maximum atomic E-state index is 14.0. The summed E-state index contributed by atoms with van der Waals surface area (Å²) in [6, 6.07) is -0.241. The van der Waals surface area contributed by atoms with Crippen molar-refractivity contribution < 1.29 is 27.5 Å². The van der Waals surface area contributed by atoms with Crippen molar-refractivity contribution in [2.24, 2.45) is 0 Å².